The lowest BCUT2D eigenvalue weighted by Gasteiger charge is -2.30. The molecule has 0 aliphatic heterocycles. The average molecular weight is 304 g/mol. The molecule has 3 nitrogen and oxygen atoms in total. The monoisotopic (exact) mass is 304 g/mol. The van der Waals surface area contributed by atoms with Crippen molar-refractivity contribution >= 4 is 23.1 Å². The van der Waals surface area contributed by atoms with Crippen molar-refractivity contribution in [3.05, 3.63) is 35.4 Å². The highest BCUT2D eigenvalue weighted by Crippen LogP contribution is 2.26. The molecule has 1 unspecified atom stereocenters. The van der Waals surface area contributed by atoms with Crippen LogP contribution < -0.4 is 11.1 Å². The lowest BCUT2D eigenvalue weighted by Crippen LogP contribution is -2.49. The number of benzene rings is 1. The van der Waals surface area contributed by atoms with Crippen LogP contribution in [0.3, 0.4) is 0 Å². The summed E-state index contributed by atoms with van der Waals surface area (Å²) in [6.45, 7) is 2.04. The van der Waals surface area contributed by atoms with Gasteiger partial charge in [0.2, 0.25) is 5.91 Å². The Morgan fingerprint density at radius 1 is 1.29 bits per heavy atom. The second-order valence-electron chi connectivity index (χ2n) is 6.01. The second kappa shape index (κ2) is 7.55. The Morgan fingerprint density at radius 3 is 2.48 bits per heavy atom. The van der Waals surface area contributed by atoms with Crippen LogP contribution in [-0.4, -0.2) is 16.9 Å². The van der Waals surface area contributed by atoms with Gasteiger partial charge in [0.1, 0.15) is 0 Å². The van der Waals surface area contributed by atoms with Gasteiger partial charge < -0.3 is 11.1 Å². The molecule has 0 bridgehead atoms. The number of aryl methyl sites for hydroxylation is 1. The molecule has 0 heterocycles. The summed E-state index contributed by atoms with van der Waals surface area (Å²) in [4.78, 5) is 12.6. The summed E-state index contributed by atoms with van der Waals surface area (Å²) in [7, 11) is 0. The van der Waals surface area contributed by atoms with Crippen LogP contribution in [0.15, 0.2) is 24.3 Å². The Morgan fingerprint density at radius 2 is 1.90 bits per heavy atom. The molecular formula is C17H24N2OS. The molecule has 1 aliphatic rings. The van der Waals surface area contributed by atoms with E-state index < -0.39 is 0 Å². The van der Waals surface area contributed by atoms with Gasteiger partial charge >= 0.3 is 0 Å². The van der Waals surface area contributed by atoms with Gasteiger partial charge in [-0.1, -0.05) is 61.3 Å². The zero-order valence-electron chi connectivity index (χ0n) is 12.6. The van der Waals surface area contributed by atoms with Crippen molar-refractivity contribution in [2.75, 3.05) is 0 Å². The molecule has 0 radical (unpaired) electrons. The second-order valence-corrected chi connectivity index (χ2v) is 6.48. The quantitative estimate of drug-likeness (QED) is 0.822. The Labute approximate surface area is 132 Å². The van der Waals surface area contributed by atoms with Crippen molar-refractivity contribution in [3.63, 3.8) is 0 Å². The normalized spacial score (nSPS) is 17.2. The number of nitrogens with one attached hydrogen (secondary N) is 1. The van der Waals surface area contributed by atoms with Gasteiger partial charge in [0.15, 0.2) is 0 Å². The number of carbonyl (C=O) groups is 1. The van der Waals surface area contributed by atoms with E-state index in [-0.39, 0.29) is 11.9 Å². The fraction of sp³-hybridized carbons (Fsp3) is 0.529. The van der Waals surface area contributed by atoms with Crippen molar-refractivity contribution in [2.45, 2.75) is 51.5 Å². The van der Waals surface area contributed by atoms with E-state index in [0.717, 1.165) is 18.4 Å². The maximum Gasteiger partial charge on any atom is 0.224 e. The first-order chi connectivity index (χ1) is 10.1. The highest BCUT2D eigenvalue weighted by Gasteiger charge is 2.27. The molecule has 1 aromatic carbocycles. The van der Waals surface area contributed by atoms with Gasteiger partial charge in [0.25, 0.3) is 0 Å². The van der Waals surface area contributed by atoms with Crippen LogP contribution in [0.25, 0.3) is 0 Å². The third-order valence-electron chi connectivity index (χ3n) is 4.23. The fourth-order valence-corrected chi connectivity index (χ4v) is 3.26. The van der Waals surface area contributed by atoms with Gasteiger partial charge in [-0.2, -0.15) is 0 Å². The number of amides is 1. The predicted octanol–water partition coefficient (Wildman–Crippen LogP) is 2.89. The summed E-state index contributed by atoms with van der Waals surface area (Å²) in [5.74, 6) is 0.403. The van der Waals surface area contributed by atoms with Crippen LogP contribution in [0, 0.1) is 12.8 Å². The molecule has 2 rings (SSSR count). The fourth-order valence-electron chi connectivity index (χ4n) is 3.00. The third kappa shape index (κ3) is 4.81. The first-order valence-corrected chi connectivity index (χ1v) is 8.11. The maximum absolute atomic E-state index is 12.2. The van der Waals surface area contributed by atoms with Crippen LogP contribution in [0.4, 0.5) is 0 Å². The number of hydrogen-bond acceptors (Lipinski definition) is 2. The topological polar surface area (TPSA) is 55.1 Å². The smallest absolute Gasteiger partial charge is 0.224 e. The minimum absolute atomic E-state index is 0.00206. The summed E-state index contributed by atoms with van der Waals surface area (Å²) < 4.78 is 0. The summed E-state index contributed by atoms with van der Waals surface area (Å²) in [6, 6.07) is 7.87. The minimum Gasteiger partial charge on any atom is -0.392 e. The van der Waals surface area contributed by atoms with Crippen molar-refractivity contribution in [3.8, 4) is 0 Å². The molecule has 1 atom stereocenters. The SMILES string of the molecule is Cc1ccc(CC(=O)NC(C(N)=S)C2CCCCC2)cc1. The molecule has 0 saturated heterocycles. The molecule has 21 heavy (non-hydrogen) atoms. The van der Waals surface area contributed by atoms with E-state index in [2.05, 4.69) is 5.32 Å². The van der Waals surface area contributed by atoms with Crippen LogP contribution in [0.2, 0.25) is 0 Å². The van der Waals surface area contributed by atoms with Crippen LogP contribution in [-0.2, 0) is 11.2 Å². The Balaban J connectivity index is 1.94. The van der Waals surface area contributed by atoms with E-state index in [1.807, 2.05) is 31.2 Å². The van der Waals surface area contributed by atoms with E-state index in [0.29, 0.717) is 17.3 Å². The van der Waals surface area contributed by atoms with Gasteiger partial charge in [-0.15, -0.1) is 0 Å². The molecule has 0 aromatic heterocycles. The molecule has 114 valence electrons. The molecule has 0 spiro atoms. The van der Waals surface area contributed by atoms with Gasteiger partial charge in [-0.05, 0) is 31.2 Å². The van der Waals surface area contributed by atoms with Crippen LogP contribution in [0.1, 0.15) is 43.2 Å². The Hall–Kier alpha value is -1.42. The zero-order valence-corrected chi connectivity index (χ0v) is 13.4. The highest BCUT2D eigenvalue weighted by molar-refractivity contribution is 7.80. The Kier molecular flexibility index (Phi) is 5.74. The average Bonchev–Trinajstić information content (AvgIpc) is 2.48. The lowest BCUT2D eigenvalue weighted by atomic mass is 9.83. The molecule has 4 heteroatoms. The maximum atomic E-state index is 12.2. The van der Waals surface area contributed by atoms with Crippen molar-refractivity contribution in [1.29, 1.82) is 0 Å². The minimum atomic E-state index is -0.154. The van der Waals surface area contributed by atoms with E-state index in [4.69, 9.17) is 18.0 Å². The molecule has 3 N–H and O–H groups in total. The number of carbonyl (C=O) groups excluding carboxylic acids is 1. The van der Waals surface area contributed by atoms with E-state index in [9.17, 15) is 4.79 Å². The molecule has 1 saturated carbocycles. The van der Waals surface area contributed by atoms with Crippen LogP contribution in [0.5, 0.6) is 0 Å². The summed E-state index contributed by atoms with van der Waals surface area (Å²) >= 11 is 5.16. The predicted molar refractivity (Wildman–Crippen MR) is 90.2 cm³/mol. The van der Waals surface area contributed by atoms with Gasteiger partial charge in [0, 0.05) is 0 Å². The largest absolute Gasteiger partial charge is 0.392 e. The molecule has 1 aromatic rings. The van der Waals surface area contributed by atoms with Gasteiger partial charge in [-0.3, -0.25) is 4.79 Å². The summed E-state index contributed by atoms with van der Waals surface area (Å²) in [5, 5.41) is 3.04. The van der Waals surface area contributed by atoms with Crippen molar-refractivity contribution < 1.29 is 4.79 Å². The molecular weight excluding hydrogens is 280 g/mol. The highest BCUT2D eigenvalue weighted by atomic mass is 32.1. The number of thiocarbonyl (C=S) groups is 1. The van der Waals surface area contributed by atoms with Crippen molar-refractivity contribution in [1.82, 2.24) is 5.32 Å². The van der Waals surface area contributed by atoms with Gasteiger partial charge in [-0.25, -0.2) is 0 Å². The zero-order chi connectivity index (χ0) is 15.2. The van der Waals surface area contributed by atoms with Crippen LogP contribution >= 0.6 is 12.2 Å². The van der Waals surface area contributed by atoms with E-state index >= 15 is 0 Å². The Bertz CT molecular complexity index is 492. The molecule has 1 aliphatic carbocycles. The summed E-state index contributed by atoms with van der Waals surface area (Å²) in [5.41, 5.74) is 8.06. The van der Waals surface area contributed by atoms with E-state index in [1.165, 1.54) is 24.8 Å². The molecule has 1 amide bonds. The summed E-state index contributed by atoms with van der Waals surface area (Å²) in [6.07, 6.45) is 6.28. The number of rotatable bonds is 5. The number of hydrogen-bond donors (Lipinski definition) is 2. The van der Waals surface area contributed by atoms with E-state index in [1.54, 1.807) is 0 Å². The first kappa shape index (κ1) is 16.0. The van der Waals surface area contributed by atoms with Gasteiger partial charge in [0.05, 0.1) is 17.5 Å². The lowest BCUT2D eigenvalue weighted by molar-refractivity contribution is -0.121. The third-order valence-corrected chi connectivity index (χ3v) is 4.48. The van der Waals surface area contributed by atoms with Crippen molar-refractivity contribution in [2.24, 2.45) is 11.7 Å². The standard InChI is InChI=1S/C17H24N2OS/c1-12-7-9-13(10-8-12)11-15(20)19-16(17(18)21)14-5-3-2-4-6-14/h7-10,14,16H,2-6,11H2,1H3,(H2,18,21)(H,19,20). The number of nitrogens with two attached hydrogens (primary N) is 1. The molecule has 1 fully saturated rings. The first-order valence-electron chi connectivity index (χ1n) is 7.70.